The van der Waals surface area contributed by atoms with E-state index in [2.05, 4.69) is 22.0 Å². The molecule has 0 aliphatic carbocycles. The van der Waals surface area contributed by atoms with E-state index in [0.29, 0.717) is 11.7 Å². The van der Waals surface area contributed by atoms with Crippen LogP contribution in [0.4, 0.5) is 0 Å². The molecule has 1 aromatic heterocycles. The molecule has 0 amide bonds. The molecule has 0 aliphatic rings. The molecule has 0 saturated carbocycles. The molecule has 98 valence electrons. The molecule has 0 aliphatic heterocycles. The molecule has 0 atom stereocenters. The molecule has 0 saturated heterocycles. The van der Waals surface area contributed by atoms with Crippen LogP contribution in [0.1, 0.15) is 22.5 Å². The molecule has 1 heterocycles. The van der Waals surface area contributed by atoms with Gasteiger partial charge >= 0.3 is 6.01 Å². The van der Waals surface area contributed by atoms with Crippen LogP contribution in [0.3, 0.4) is 0 Å². The lowest BCUT2D eigenvalue weighted by atomic mass is 10.1. The number of nitrogens with zero attached hydrogens (tertiary/aromatic N) is 2. The number of hydrogen-bond acceptors (Lipinski definition) is 4. The van der Waals surface area contributed by atoms with Crippen LogP contribution in [0, 0.1) is 20.8 Å². The molecular weight excluding hydrogens is 238 g/mol. The maximum absolute atomic E-state index is 5.34. The fourth-order valence-electron chi connectivity index (χ4n) is 1.66. The monoisotopic (exact) mass is 255 g/mol. The van der Waals surface area contributed by atoms with E-state index in [0.717, 1.165) is 17.0 Å². The standard InChI is InChI=1S/C15H17N3O/c1-10-5-7-14(8-6-10)13(4)18-19-15-16-11(2)9-12(3)17-15/h5-9,18H,4H2,1-3H3. The molecule has 4 heteroatoms. The van der Waals surface area contributed by atoms with Crippen molar-refractivity contribution in [2.24, 2.45) is 0 Å². The highest BCUT2D eigenvalue weighted by Gasteiger charge is 2.03. The molecule has 0 spiro atoms. The molecule has 4 nitrogen and oxygen atoms in total. The zero-order chi connectivity index (χ0) is 13.8. The van der Waals surface area contributed by atoms with Gasteiger partial charge in [-0.1, -0.05) is 36.4 Å². The van der Waals surface area contributed by atoms with Crippen LogP contribution in [-0.2, 0) is 0 Å². The Morgan fingerprint density at radius 2 is 1.63 bits per heavy atom. The predicted molar refractivity (Wildman–Crippen MR) is 75.5 cm³/mol. The van der Waals surface area contributed by atoms with Crippen molar-refractivity contribution in [3.05, 3.63) is 59.4 Å². The summed E-state index contributed by atoms with van der Waals surface area (Å²) in [6.45, 7) is 9.76. The van der Waals surface area contributed by atoms with Crippen LogP contribution in [0.25, 0.3) is 5.70 Å². The third-order valence-corrected chi connectivity index (χ3v) is 2.63. The van der Waals surface area contributed by atoms with E-state index in [1.807, 2.05) is 51.1 Å². The Balaban J connectivity index is 2.02. The highest BCUT2D eigenvalue weighted by atomic mass is 16.7. The largest absolute Gasteiger partial charge is 0.343 e. The molecule has 2 aromatic rings. The number of aromatic nitrogens is 2. The first-order valence-electron chi connectivity index (χ1n) is 6.05. The molecular formula is C15H17N3O. The molecule has 0 bridgehead atoms. The first-order chi connectivity index (χ1) is 9.04. The maximum atomic E-state index is 5.34. The van der Waals surface area contributed by atoms with E-state index in [-0.39, 0.29) is 0 Å². The van der Waals surface area contributed by atoms with Gasteiger partial charge in [-0.05, 0) is 26.8 Å². The van der Waals surface area contributed by atoms with Gasteiger partial charge in [0.05, 0.1) is 5.70 Å². The summed E-state index contributed by atoms with van der Waals surface area (Å²) >= 11 is 0. The topological polar surface area (TPSA) is 47.0 Å². The lowest BCUT2D eigenvalue weighted by Crippen LogP contribution is -2.18. The van der Waals surface area contributed by atoms with Gasteiger partial charge < -0.3 is 4.84 Å². The Kier molecular flexibility index (Phi) is 3.80. The normalized spacial score (nSPS) is 10.1. The summed E-state index contributed by atoms with van der Waals surface area (Å²) < 4.78 is 0. The minimum atomic E-state index is 0.297. The smallest absolute Gasteiger partial charge is 0.340 e. The SMILES string of the molecule is C=C(NOc1nc(C)cc(C)n1)c1ccc(C)cc1. The minimum absolute atomic E-state index is 0.297. The Hall–Kier alpha value is -2.36. The van der Waals surface area contributed by atoms with Gasteiger partial charge in [-0.2, -0.15) is 9.97 Å². The van der Waals surface area contributed by atoms with E-state index >= 15 is 0 Å². The van der Waals surface area contributed by atoms with Crippen LogP contribution < -0.4 is 10.3 Å². The van der Waals surface area contributed by atoms with Crippen molar-refractivity contribution in [2.45, 2.75) is 20.8 Å². The molecule has 1 aromatic carbocycles. The first-order valence-corrected chi connectivity index (χ1v) is 6.05. The Morgan fingerprint density at radius 1 is 1.05 bits per heavy atom. The van der Waals surface area contributed by atoms with Crippen molar-refractivity contribution in [2.75, 3.05) is 0 Å². The van der Waals surface area contributed by atoms with Crippen molar-refractivity contribution in [1.29, 1.82) is 0 Å². The zero-order valence-electron chi connectivity index (χ0n) is 11.4. The van der Waals surface area contributed by atoms with E-state index in [1.165, 1.54) is 5.56 Å². The molecule has 19 heavy (non-hydrogen) atoms. The third kappa shape index (κ3) is 3.55. The fourth-order valence-corrected chi connectivity index (χ4v) is 1.66. The predicted octanol–water partition coefficient (Wildman–Crippen LogP) is 2.96. The second-order valence-corrected chi connectivity index (χ2v) is 4.48. The van der Waals surface area contributed by atoms with E-state index in [1.54, 1.807) is 0 Å². The molecule has 1 N–H and O–H groups in total. The van der Waals surface area contributed by atoms with Gasteiger partial charge in [-0.3, -0.25) is 0 Å². The average Bonchev–Trinajstić information content (AvgIpc) is 2.36. The maximum Gasteiger partial charge on any atom is 0.343 e. The van der Waals surface area contributed by atoms with Gasteiger partial charge in [0.1, 0.15) is 0 Å². The van der Waals surface area contributed by atoms with E-state index in [9.17, 15) is 0 Å². The second kappa shape index (κ2) is 5.52. The summed E-state index contributed by atoms with van der Waals surface area (Å²) in [6, 6.07) is 10.2. The summed E-state index contributed by atoms with van der Waals surface area (Å²) in [4.78, 5) is 13.7. The van der Waals surface area contributed by atoms with Gasteiger partial charge in [0.2, 0.25) is 0 Å². The first kappa shape index (κ1) is 13.1. The summed E-state index contributed by atoms with van der Waals surface area (Å²) in [5.41, 5.74) is 7.34. The van der Waals surface area contributed by atoms with Crippen LogP contribution >= 0.6 is 0 Å². The zero-order valence-corrected chi connectivity index (χ0v) is 11.4. The Morgan fingerprint density at radius 3 is 2.21 bits per heavy atom. The Bertz CT molecular complexity index is 571. The number of hydroxylamine groups is 1. The Labute approximate surface area is 113 Å². The van der Waals surface area contributed by atoms with Crippen molar-refractivity contribution in [1.82, 2.24) is 15.4 Å². The van der Waals surface area contributed by atoms with Gasteiger partial charge in [-0.15, -0.1) is 0 Å². The van der Waals surface area contributed by atoms with Crippen LogP contribution in [0.2, 0.25) is 0 Å². The summed E-state index contributed by atoms with van der Waals surface area (Å²) in [7, 11) is 0. The fraction of sp³-hybridized carbons (Fsp3) is 0.200. The minimum Gasteiger partial charge on any atom is -0.340 e. The van der Waals surface area contributed by atoms with Crippen LogP contribution in [0.15, 0.2) is 36.9 Å². The lowest BCUT2D eigenvalue weighted by Gasteiger charge is -2.10. The number of benzene rings is 1. The number of aryl methyl sites for hydroxylation is 3. The van der Waals surface area contributed by atoms with Crippen LogP contribution in [0.5, 0.6) is 6.01 Å². The second-order valence-electron chi connectivity index (χ2n) is 4.48. The van der Waals surface area contributed by atoms with Crippen molar-refractivity contribution in [3.63, 3.8) is 0 Å². The van der Waals surface area contributed by atoms with E-state index < -0.39 is 0 Å². The summed E-state index contributed by atoms with van der Waals surface area (Å²) in [5.74, 6) is 0. The van der Waals surface area contributed by atoms with Gasteiger partial charge in [0.25, 0.3) is 0 Å². The molecule has 0 fully saturated rings. The number of nitrogens with one attached hydrogen (secondary N) is 1. The summed E-state index contributed by atoms with van der Waals surface area (Å²) in [6.07, 6.45) is 0. The van der Waals surface area contributed by atoms with Crippen molar-refractivity contribution in [3.8, 4) is 6.01 Å². The molecule has 0 radical (unpaired) electrons. The lowest BCUT2D eigenvalue weighted by molar-refractivity contribution is 0.229. The average molecular weight is 255 g/mol. The van der Waals surface area contributed by atoms with Crippen molar-refractivity contribution >= 4 is 5.70 Å². The van der Waals surface area contributed by atoms with Crippen LogP contribution in [-0.4, -0.2) is 9.97 Å². The van der Waals surface area contributed by atoms with E-state index in [4.69, 9.17) is 4.84 Å². The molecule has 2 rings (SSSR count). The van der Waals surface area contributed by atoms with Crippen molar-refractivity contribution < 1.29 is 4.84 Å². The third-order valence-electron chi connectivity index (χ3n) is 2.63. The summed E-state index contributed by atoms with van der Waals surface area (Å²) in [5, 5.41) is 0. The number of hydrogen-bond donors (Lipinski definition) is 1. The highest BCUT2D eigenvalue weighted by Crippen LogP contribution is 2.11. The molecule has 0 unspecified atom stereocenters. The highest BCUT2D eigenvalue weighted by molar-refractivity contribution is 5.60. The quantitative estimate of drug-likeness (QED) is 0.853. The van der Waals surface area contributed by atoms with Gasteiger partial charge in [0, 0.05) is 17.0 Å². The van der Waals surface area contributed by atoms with Gasteiger partial charge in [0.15, 0.2) is 0 Å². The number of rotatable bonds is 4. The van der Waals surface area contributed by atoms with Gasteiger partial charge in [-0.25, -0.2) is 5.48 Å².